The lowest BCUT2D eigenvalue weighted by atomic mass is 10.1. The van der Waals surface area contributed by atoms with Gasteiger partial charge in [0.15, 0.2) is 0 Å². The lowest BCUT2D eigenvalue weighted by Crippen LogP contribution is -2.47. The van der Waals surface area contributed by atoms with Crippen molar-refractivity contribution in [2.45, 2.75) is 26.2 Å². The molecule has 2 fully saturated rings. The number of carbonyl (C=O) groups excluding carboxylic acids is 2. The second-order valence-corrected chi connectivity index (χ2v) is 8.63. The Labute approximate surface area is 190 Å². The number of anilines is 3. The summed E-state index contributed by atoms with van der Waals surface area (Å²) in [5.74, 6) is 0.0970. The van der Waals surface area contributed by atoms with E-state index >= 15 is 0 Å². The first-order valence-electron chi connectivity index (χ1n) is 11.5. The number of likely N-dealkylation sites (tertiary alicyclic amines) is 1. The van der Waals surface area contributed by atoms with Crippen molar-refractivity contribution in [2.24, 2.45) is 0 Å². The van der Waals surface area contributed by atoms with Crippen LogP contribution in [0.4, 0.5) is 17.1 Å². The number of nitrogens with one attached hydrogen (secondary N) is 1. The Bertz CT molecular complexity index is 969. The zero-order chi connectivity index (χ0) is 22.5. The van der Waals surface area contributed by atoms with Gasteiger partial charge in [0.2, 0.25) is 5.91 Å². The van der Waals surface area contributed by atoms with E-state index in [9.17, 15) is 9.59 Å². The molecular formula is C25H33N5O2. The maximum atomic E-state index is 12.5. The summed E-state index contributed by atoms with van der Waals surface area (Å²) in [5, 5.41) is 2.94. The highest BCUT2D eigenvalue weighted by Gasteiger charge is 2.21. The Kier molecular flexibility index (Phi) is 6.83. The zero-order valence-corrected chi connectivity index (χ0v) is 18.8. The third kappa shape index (κ3) is 4.98. The Morgan fingerprint density at radius 2 is 1.72 bits per heavy atom. The molecule has 2 amide bonds. The molecule has 0 radical (unpaired) electrons. The topological polar surface area (TPSA) is 81.9 Å². The van der Waals surface area contributed by atoms with Gasteiger partial charge in [0.1, 0.15) is 0 Å². The number of aryl methyl sites for hydroxylation is 1. The number of para-hydroxylation sites is 1. The first-order chi connectivity index (χ1) is 15.5. The number of piperazine rings is 1. The number of hydrogen-bond donors (Lipinski definition) is 2. The molecule has 2 aromatic rings. The highest BCUT2D eigenvalue weighted by molar-refractivity contribution is 5.96. The minimum Gasteiger partial charge on any atom is -0.397 e. The Morgan fingerprint density at radius 3 is 2.38 bits per heavy atom. The van der Waals surface area contributed by atoms with Gasteiger partial charge in [0.25, 0.3) is 5.91 Å². The molecule has 4 rings (SSSR count). The molecule has 2 saturated heterocycles. The molecule has 0 atom stereocenters. The molecule has 2 aliphatic heterocycles. The van der Waals surface area contributed by atoms with Crippen molar-refractivity contribution < 1.29 is 9.59 Å². The molecule has 32 heavy (non-hydrogen) atoms. The van der Waals surface area contributed by atoms with Crippen LogP contribution >= 0.6 is 0 Å². The SMILES string of the molecule is Cc1ccccc1N1CCN(c2ccc(C(=O)NCCCN3CCCC3=O)cc2N)CC1. The smallest absolute Gasteiger partial charge is 0.251 e. The Balaban J connectivity index is 1.28. The molecule has 7 nitrogen and oxygen atoms in total. The first-order valence-corrected chi connectivity index (χ1v) is 11.5. The van der Waals surface area contributed by atoms with Crippen molar-refractivity contribution >= 4 is 28.9 Å². The maximum absolute atomic E-state index is 12.5. The van der Waals surface area contributed by atoms with Gasteiger partial charge in [-0.25, -0.2) is 0 Å². The predicted molar refractivity (Wildman–Crippen MR) is 129 cm³/mol. The van der Waals surface area contributed by atoms with E-state index in [1.54, 1.807) is 6.07 Å². The van der Waals surface area contributed by atoms with E-state index in [0.717, 1.165) is 51.3 Å². The second kappa shape index (κ2) is 9.94. The molecule has 2 aromatic carbocycles. The summed E-state index contributed by atoms with van der Waals surface area (Å²) < 4.78 is 0. The quantitative estimate of drug-likeness (QED) is 0.516. The van der Waals surface area contributed by atoms with E-state index in [2.05, 4.69) is 46.3 Å². The van der Waals surface area contributed by atoms with Gasteiger partial charge in [0, 0.05) is 63.5 Å². The fraction of sp³-hybridized carbons (Fsp3) is 0.440. The number of benzene rings is 2. The summed E-state index contributed by atoms with van der Waals surface area (Å²) in [5.41, 5.74) is 11.1. The molecule has 0 spiro atoms. The van der Waals surface area contributed by atoms with Gasteiger partial charge in [-0.05, 0) is 49.6 Å². The van der Waals surface area contributed by atoms with Crippen LogP contribution in [0.2, 0.25) is 0 Å². The van der Waals surface area contributed by atoms with Crippen LogP contribution < -0.4 is 20.9 Å². The normalized spacial score (nSPS) is 16.5. The van der Waals surface area contributed by atoms with Crippen LogP contribution in [0.3, 0.4) is 0 Å². The molecule has 3 N–H and O–H groups in total. The number of carbonyl (C=O) groups is 2. The van der Waals surface area contributed by atoms with Crippen LogP contribution in [0, 0.1) is 6.92 Å². The third-order valence-electron chi connectivity index (χ3n) is 6.43. The van der Waals surface area contributed by atoms with Gasteiger partial charge in [-0.3, -0.25) is 9.59 Å². The van der Waals surface area contributed by atoms with E-state index in [0.29, 0.717) is 30.8 Å². The molecule has 2 aliphatic rings. The average Bonchev–Trinajstić information content (AvgIpc) is 3.21. The van der Waals surface area contributed by atoms with Crippen molar-refractivity contribution in [1.29, 1.82) is 0 Å². The van der Waals surface area contributed by atoms with Crippen LogP contribution in [-0.2, 0) is 4.79 Å². The average molecular weight is 436 g/mol. The van der Waals surface area contributed by atoms with E-state index in [4.69, 9.17) is 5.73 Å². The van der Waals surface area contributed by atoms with Gasteiger partial charge in [-0.15, -0.1) is 0 Å². The molecule has 0 saturated carbocycles. The fourth-order valence-electron chi connectivity index (χ4n) is 4.60. The van der Waals surface area contributed by atoms with Crippen LogP contribution in [-0.4, -0.2) is 62.5 Å². The predicted octanol–water partition coefficient (Wildman–Crippen LogP) is 2.65. The van der Waals surface area contributed by atoms with Gasteiger partial charge >= 0.3 is 0 Å². The lowest BCUT2D eigenvalue weighted by molar-refractivity contribution is -0.127. The zero-order valence-electron chi connectivity index (χ0n) is 18.8. The molecule has 0 bridgehead atoms. The standard InChI is InChI=1S/C25H33N5O2/c1-19-6-2-3-7-22(19)28-14-16-29(17-15-28)23-10-9-20(18-21(23)26)25(32)27-11-5-13-30-12-4-8-24(30)31/h2-3,6-7,9-10,18H,4-5,8,11-17,26H2,1H3,(H,27,32). The first kappa shape index (κ1) is 22.0. The van der Waals surface area contributed by atoms with Crippen LogP contribution in [0.25, 0.3) is 0 Å². The van der Waals surface area contributed by atoms with Crippen molar-refractivity contribution in [3.8, 4) is 0 Å². The summed E-state index contributed by atoms with van der Waals surface area (Å²) in [6.07, 6.45) is 2.35. The highest BCUT2D eigenvalue weighted by atomic mass is 16.2. The van der Waals surface area contributed by atoms with Crippen LogP contribution in [0.1, 0.15) is 35.2 Å². The summed E-state index contributed by atoms with van der Waals surface area (Å²) >= 11 is 0. The van der Waals surface area contributed by atoms with Crippen molar-refractivity contribution in [2.75, 3.05) is 61.3 Å². The van der Waals surface area contributed by atoms with E-state index in [1.165, 1.54) is 11.3 Å². The Hall–Kier alpha value is -3.22. The highest BCUT2D eigenvalue weighted by Crippen LogP contribution is 2.27. The van der Waals surface area contributed by atoms with Crippen LogP contribution in [0.15, 0.2) is 42.5 Å². The molecule has 170 valence electrons. The molecule has 0 unspecified atom stereocenters. The number of nitrogens with zero attached hydrogens (tertiary/aromatic N) is 3. The molecule has 7 heteroatoms. The molecule has 0 aromatic heterocycles. The summed E-state index contributed by atoms with van der Waals surface area (Å²) in [6, 6.07) is 14.0. The van der Waals surface area contributed by atoms with Gasteiger partial charge in [-0.1, -0.05) is 18.2 Å². The molecule has 0 aliphatic carbocycles. The third-order valence-corrected chi connectivity index (χ3v) is 6.43. The number of amides is 2. The summed E-state index contributed by atoms with van der Waals surface area (Å²) in [7, 11) is 0. The minimum absolute atomic E-state index is 0.125. The number of nitrogens with two attached hydrogens (primary N) is 1. The van der Waals surface area contributed by atoms with Crippen molar-refractivity contribution in [3.63, 3.8) is 0 Å². The van der Waals surface area contributed by atoms with Gasteiger partial charge in [-0.2, -0.15) is 0 Å². The number of hydrogen-bond acceptors (Lipinski definition) is 5. The number of nitrogen functional groups attached to an aromatic ring is 1. The molecular weight excluding hydrogens is 402 g/mol. The van der Waals surface area contributed by atoms with E-state index < -0.39 is 0 Å². The van der Waals surface area contributed by atoms with E-state index in [1.807, 2.05) is 17.0 Å². The fourth-order valence-corrected chi connectivity index (χ4v) is 4.60. The summed E-state index contributed by atoms with van der Waals surface area (Å²) in [4.78, 5) is 30.7. The van der Waals surface area contributed by atoms with Gasteiger partial charge in [0.05, 0.1) is 11.4 Å². The monoisotopic (exact) mass is 435 g/mol. The molecule has 2 heterocycles. The van der Waals surface area contributed by atoms with Crippen LogP contribution in [0.5, 0.6) is 0 Å². The van der Waals surface area contributed by atoms with Crippen molar-refractivity contribution in [3.05, 3.63) is 53.6 Å². The van der Waals surface area contributed by atoms with E-state index in [-0.39, 0.29) is 11.8 Å². The maximum Gasteiger partial charge on any atom is 0.251 e. The van der Waals surface area contributed by atoms with Crippen molar-refractivity contribution in [1.82, 2.24) is 10.2 Å². The minimum atomic E-state index is -0.125. The largest absolute Gasteiger partial charge is 0.397 e. The summed E-state index contributed by atoms with van der Waals surface area (Å²) in [6.45, 7) is 7.88. The van der Waals surface area contributed by atoms with Gasteiger partial charge < -0.3 is 25.8 Å². The Morgan fingerprint density at radius 1 is 1.00 bits per heavy atom. The number of rotatable bonds is 7. The lowest BCUT2D eigenvalue weighted by Gasteiger charge is -2.38. The second-order valence-electron chi connectivity index (χ2n) is 8.63.